The summed E-state index contributed by atoms with van der Waals surface area (Å²) in [6.07, 6.45) is 4.54. The first kappa shape index (κ1) is 10.1. The number of aromatic nitrogens is 2. The van der Waals surface area contributed by atoms with Gasteiger partial charge in [0, 0.05) is 24.2 Å². The third kappa shape index (κ3) is 2.14. The van der Waals surface area contributed by atoms with E-state index >= 15 is 0 Å². The Labute approximate surface area is 91.2 Å². The van der Waals surface area contributed by atoms with Crippen molar-refractivity contribution < 1.29 is 4.79 Å². The highest BCUT2D eigenvalue weighted by atomic mass is 16.2. The predicted molar refractivity (Wildman–Crippen MR) is 59.3 cm³/mol. The minimum Gasteiger partial charge on any atom is -0.327 e. The molecule has 0 spiro atoms. The molecule has 80 valence electrons. The standard InChI is InChI=1S/C11H9N3O2/c15-10(8-3-6-12-7-4-8)14-9-2-1-5-13-11(9)16/h1-7H,(H,13,16)(H,14,15). The maximum atomic E-state index is 11.7. The van der Waals surface area contributed by atoms with E-state index in [1.165, 1.54) is 24.7 Å². The summed E-state index contributed by atoms with van der Waals surface area (Å²) in [7, 11) is 0. The van der Waals surface area contributed by atoms with Gasteiger partial charge < -0.3 is 10.3 Å². The van der Waals surface area contributed by atoms with E-state index in [1.54, 1.807) is 18.2 Å². The van der Waals surface area contributed by atoms with E-state index in [2.05, 4.69) is 15.3 Å². The van der Waals surface area contributed by atoms with Gasteiger partial charge in [0.05, 0.1) is 0 Å². The smallest absolute Gasteiger partial charge is 0.271 e. The molecule has 0 aliphatic carbocycles. The van der Waals surface area contributed by atoms with Gasteiger partial charge in [-0.15, -0.1) is 0 Å². The predicted octanol–water partition coefficient (Wildman–Crippen LogP) is 1.02. The lowest BCUT2D eigenvalue weighted by atomic mass is 10.2. The lowest BCUT2D eigenvalue weighted by Gasteiger charge is -2.02. The molecular weight excluding hydrogens is 206 g/mol. The van der Waals surface area contributed by atoms with Crippen molar-refractivity contribution >= 4 is 11.6 Å². The third-order valence-electron chi connectivity index (χ3n) is 2.01. The van der Waals surface area contributed by atoms with Gasteiger partial charge in [-0.3, -0.25) is 14.6 Å². The molecule has 0 saturated carbocycles. The summed E-state index contributed by atoms with van der Waals surface area (Å²) < 4.78 is 0. The highest BCUT2D eigenvalue weighted by molar-refractivity contribution is 6.03. The van der Waals surface area contributed by atoms with Crippen LogP contribution in [0.3, 0.4) is 0 Å². The zero-order valence-electron chi connectivity index (χ0n) is 8.31. The second-order valence-electron chi connectivity index (χ2n) is 3.10. The van der Waals surface area contributed by atoms with E-state index < -0.39 is 0 Å². The first-order valence-electron chi connectivity index (χ1n) is 4.66. The van der Waals surface area contributed by atoms with Crippen molar-refractivity contribution in [2.75, 3.05) is 5.32 Å². The van der Waals surface area contributed by atoms with Crippen LogP contribution in [0, 0.1) is 0 Å². The second kappa shape index (κ2) is 4.39. The molecule has 16 heavy (non-hydrogen) atoms. The van der Waals surface area contributed by atoms with Gasteiger partial charge in [0.1, 0.15) is 5.69 Å². The highest BCUT2D eigenvalue weighted by Crippen LogP contribution is 2.02. The fourth-order valence-electron chi connectivity index (χ4n) is 1.22. The minimum atomic E-state index is -0.334. The van der Waals surface area contributed by atoms with E-state index in [4.69, 9.17) is 0 Å². The topological polar surface area (TPSA) is 74.8 Å². The average Bonchev–Trinajstić information content (AvgIpc) is 2.33. The summed E-state index contributed by atoms with van der Waals surface area (Å²) in [5.41, 5.74) is 0.354. The van der Waals surface area contributed by atoms with Gasteiger partial charge in [-0.05, 0) is 24.3 Å². The molecule has 0 aliphatic heterocycles. The molecule has 5 nitrogen and oxygen atoms in total. The van der Waals surface area contributed by atoms with Crippen molar-refractivity contribution in [3.8, 4) is 0 Å². The molecule has 1 amide bonds. The normalized spacial score (nSPS) is 9.75. The summed E-state index contributed by atoms with van der Waals surface area (Å²) in [6, 6.07) is 6.33. The number of pyridine rings is 2. The number of hydrogen-bond acceptors (Lipinski definition) is 3. The number of nitrogens with one attached hydrogen (secondary N) is 2. The monoisotopic (exact) mass is 215 g/mol. The Morgan fingerprint density at radius 1 is 1.25 bits per heavy atom. The van der Waals surface area contributed by atoms with E-state index in [1.807, 2.05) is 0 Å². The second-order valence-corrected chi connectivity index (χ2v) is 3.10. The minimum absolute atomic E-state index is 0.226. The van der Waals surface area contributed by atoms with E-state index in [-0.39, 0.29) is 17.2 Å². The van der Waals surface area contributed by atoms with E-state index in [0.717, 1.165) is 0 Å². The van der Waals surface area contributed by atoms with Crippen LogP contribution in [0.25, 0.3) is 0 Å². The molecule has 2 N–H and O–H groups in total. The Bertz CT molecular complexity index is 548. The fraction of sp³-hybridized carbons (Fsp3) is 0. The van der Waals surface area contributed by atoms with Crippen molar-refractivity contribution in [1.29, 1.82) is 0 Å². The summed E-state index contributed by atoms with van der Waals surface area (Å²) >= 11 is 0. The van der Waals surface area contributed by atoms with Crippen LogP contribution >= 0.6 is 0 Å². The molecule has 5 heteroatoms. The maximum Gasteiger partial charge on any atom is 0.271 e. The van der Waals surface area contributed by atoms with Gasteiger partial charge in [0.25, 0.3) is 11.5 Å². The van der Waals surface area contributed by atoms with Crippen LogP contribution in [0.5, 0.6) is 0 Å². The number of hydrogen-bond donors (Lipinski definition) is 2. The van der Waals surface area contributed by atoms with Crippen molar-refractivity contribution in [3.05, 3.63) is 58.8 Å². The number of anilines is 1. The van der Waals surface area contributed by atoms with Crippen molar-refractivity contribution in [1.82, 2.24) is 9.97 Å². The Hall–Kier alpha value is -2.43. The molecule has 2 rings (SSSR count). The Balaban J connectivity index is 2.21. The number of rotatable bonds is 2. The molecule has 2 heterocycles. The van der Waals surface area contributed by atoms with Crippen LogP contribution in [-0.4, -0.2) is 15.9 Å². The number of carbonyl (C=O) groups excluding carboxylic acids is 1. The molecule has 0 fully saturated rings. The van der Waals surface area contributed by atoms with E-state index in [9.17, 15) is 9.59 Å². The SMILES string of the molecule is O=C(Nc1ccc[nH]c1=O)c1ccncc1. The summed E-state index contributed by atoms with van der Waals surface area (Å²) in [6.45, 7) is 0. The van der Waals surface area contributed by atoms with Gasteiger partial charge >= 0.3 is 0 Å². The maximum absolute atomic E-state index is 11.7. The van der Waals surface area contributed by atoms with Crippen LogP contribution < -0.4 is 10.9 Å². The highest BCUT2D eigenvalue weighted by Gasteiger charge is 2.06. The molecule has 0 aliphatic rings. The third-order valence-corrected chi connectivity index (χ3v) is 2.01. The van der Waals surface area contributed by atoms with Gasteiger partial charge in [-0.25, -0.2) is 0 Å². The summed E-state index contributed by atoms with van der Waals surface area (Å²) in [4.78, 5) is 29.3. The number of amides is 1. The van der Waals surface area contributed by atoms with Crippen LogP contribution in [-0.2, 0) is 0 Å². The molecule has 0 aromatic carbocycles. The van der Waals surface area contributed by atoms with Gasteiger partial charge in [-0.2, -0.15) is 0 Å². The van der Waals surface area contributed by atoms with Crippen molar-refractivity contribution in [2.45, 2.75) is 0 Å². The number of nitrogens with zero attached hydrogens (tertiary/aromatic N) is 1. The molecule has 0 unspecified atom stereocenters. The first-order valence-corrected chi connectivity index (χ1v) is 4.66. The van der Waals surface area contributed by atoms with Gasteiger partial charge in [0.15, 0.2) is 0 Å². The number of carbonyl (C=O) groups is 1. The Morgan fingerprint density at radius 3 is 2.69 bits per heavy atom. The van der Waals surface area contributed by atoms with E-state index in [0.29, 0.717) is 5.56 Å². The largest absolute Gasteiger partial charge is 0.327 e. The molecule has 0 bridgehead atoms. The van der Waals surface area contributed by atoms with Gasteiger partial charge in [-0.1, -0.05) is 0 Å². The summed E-state index contributed by atoms with van der Waals surface area (Å²) in [5, 5.41) is 2.52. The Morgan fingerprint density at radius 2 is 2.00 bits per heavy atom. The molecular formula is C11H9N3O2. The zero-order chi connectivity index (χ0) is 11.4. The fourth-order valence-corrected chi connectivity index (χ4v) is 1.22. The average molecular weight is 215 g/mol. The van der Waals surface area contributed by atoms with Crippen LogP contribution in [0.2, 0.25) is 0 Å². The van der Waals surface area contributed by atoms with Crippen LogP contribution in [0.1, 0.15) is 10.4 Å². The molecule has 2 aromatic heterocycles. The molecule has 0 radical (unpaired) electrons. The summed E-state index contributed by atoms with van der Waals surface area (Å²) in [5.74, 6) is -0.334. The zero-order valence-corrected chi connectivity index (χ0v) is 8.31. The number of H-pyrrole nitrogens is 1. The van der Waals surface area contributed by atoms with Gasteiger partial charge in [0.2, 0.25) is 0 Å². The molecule has 0 saturated heterocycles. The Kier molecular flexibility index (Phi) is 2.77. The molecule has 2 aromatic rings. The molecule has 0 atom stereocenters. The quantitative estimate of drug-likeness (QED) is 0.785. The lowest BCUT2D eigenvalue weighted by molar-refractivity contribution is 0.102. The van der Waals surface area contributed by atoms with Crippen LogP contribution in [0.15, 0.2) is 47.7 Å². The van der Waals surface area contributed by atoms with Crippen molar-refractivity contribution in [3.63, 3.8) is 0 Å². The first-order chi connectivity index (χ1) is 7.77. The lowest BCUT2D eigenvalue weighted by Crippen LogP contribution is -2.19. The van der Waals surface area contributed by atoms with Crippen molar-refractivity contribution in [2.24, 2.45) is 0 Å². The van der Waals surface area contributed by atoms with Crippen LogP contribution in [0.4, 0.5) is 5.69 Å². The number of aromatic amines is 1.